The zero-order valence-corrected chi connectivity index (χ0v) is 10.6. The fourth-order valence-corrected chi connectivity index (χ4v) is 1.47. The van der Waals surface area contributed by atoms with Gasteiger partial charge >= 0.3 is 0 Å². The third-order valence-corrected chi connectivity index (χ3v) is 2.76. The number of aryl methyl sites for hydroxylation is 2. The Morgan fingerprint density at radius 3 is 2.83 bits per heavy atom. The molecule has 0 spiro atoms. The molecule has 2 aromatic heterocycles. The number of rotatable bonds is 3. The first-order valence-corrected chi connectivity index (χ1v) is 5.56. The minimum atomic E-state index is -0.217. The fourth-order valence-electron chi connectivity index (χ4n) is 1.47. The van der Waals surface area contributed by atoms with Crippen LogP contribution < -0.4 is 5.32 Å². The van der Waals surface area contributed by atoms with Gasteiger partial charge in [0.25, 0.3) is 0 Å². The van der Waals surface area contributed by atoms with E-state index >= 15 is 0 Å². The van der Waals surface area contributed by atoms with Gasteiger partial charge in [-0.1, -0.05) is 0 Å². The van der Waals surface area contributed by atoms with Crippen LogP contribution in [-0.4, -0.2) is 25.9 Å². The third-order valence-electron chi connectivity index (χ3n) is 2.76. The minimum Gasteiger partial charge on any atom is -0.305 e. The van der Waals surface area contributed by atoms with Gasteiger partial charge in [0, 0.05) is 30.6 Å². The van der Waals surface area contributed by atoms with Crippen molar-refractivity contribution in [1.82, 2.24) is 20.0 Å². The van der Waals surface area contributed by atoms with E-state index in [4.69, 9.17) is 0 Å². The van der Waals surface area contributed by atoms with E-state index in [9.17, 15) is 4.79 Å². The van der Waals surface area contributed by atoms with Gasteiger partial charge in [-0.05, 0) is 26.0 Å². The number of aromatic amines is 1. The minimum absolute atomic E-state index is 0.217. The van der Waals surface area contributed by atoms with Crippen LogP contribution in [0.3, 0.4) is 0 Å². The van der Waals surface area contributed by atoms with Gasteiger partial charge in [0.05, 0.1) is 5.69 Å². The Balaban J connectivity index is 2.03. The van der Waals surface area contributed by atoms with Crippen LogP contribution in [0.5, 0.6) is 0 Å². The van der Waals surface area contributed by atoms with Gasteiger partial charge < -0.3 is 5.32 Å². The molecule has 0 saturated carbocycles. The largest absolute Gasteiger partial charge is 0.305 e. The highest BCUT2D eigenvalue weighted by atomic mass is 16.1. The zero-order valence-electron chi connectivity index (χ0n) is 10.6. The second-order valence-electron chi connectivity index (χ2n) is 4.02. The lowest BCUT2D eigenvalue weighted by molar-refractivity contribution is -0.111. The fraction of sp³-hybridized carbons (Fsp3) is 0.250. The van der Waals surface area contributed by atoms with Gasteiger partial charge in [-0.2, -0.15) is 10.2 Å². The van der Waals surface area contributed by atoms with Crippen molar-refractivity contribution < 1.29 is 4.79 Å². The Hall–Kier alpha value is -2.37. The van der Waals surface area contributed by atoms with E-state index < -0.39 is 0 Å². The van der Waals surface area contributed by atoms with Crippen molar-refractivity contribution in [1.29, 1.82) is 0 Å². The topological polar surface area (TPSA) is 75.6 Å². The van der Waals surface area contributed by atoms with Crippen LogP contribution in [0.4, 0.5) is 5.82 Å². The number of aromatic nitrogens is 4. The summed E-state index contributed by atoms with van der Waals surface area (Å²) >= 11 is 0. The Bertz CT molecular complexity index is 593. The second-order valence-corrected chi connectivity index (χ2v) is 4.02. The first-order chi connectivity index (χ1) is 8.58. The van der Waals surface area contributed by atoms with Crippen LogP contribution >= 0.6 is 0 Å². The molecule has 2 N–H and O–H groups in total. The van der Waals surface area contributed by atoms with Crippen LogP contribution in [0.1, 0.15) is 17.0 Å². The van der Waals surface area contributed by atoms with E-state index in [1.54, 1.807) is 17.0 Å². The van der Waals surface area contributed by atoms with Crippen molar-refractivity contribution in [2.45, 2.75) is 13.8 Å². The number of anilines is 1. The van der Waals surface area contributed by atoms with E-state index in [1.807, 2.05) is 27.0 Å². The maximum atomic E-state index is 11.7. The lowest BCUT2D eigenvalue weighted by atomic mass is 10.3. The summed E-state index contributed by atoms with van der Waals surface area (Å²) in [5, 5.41) is 13.6. The molecule has 0 atom stereocenters. The molecule has 1 amide bonds. The summed E-state index contributed by atoms with van der Waals surface area (Å²) in [6, 6.07) is 1.83. The first-order valence-electron chi connectivity index (χ1n) is 5.56. The SMILES string of the molecule is Cc1[nH]nc(NC(=O)/C=C/c2ccnn2C)c1C. The number of H-pyrrole nitrogens is 1. The van der Waals surface area contributed by atoms with E-state index in [1.165, 1.54) is 6.08 Å². The molecular formula is C12H15N5O. The second kappa shape index (κ2) is 4.87. The average molecular weight is 245 g/mol. The van der Waals surface area contributed by atoms with E-state index in [-0.39, 0.29) is 5.91 Å². The quantitative estimate of drug-likeness (QED) is 0.803. The number of hydrogen-bond donors (Lipinski definition) is 2. The molecule has 0 unspecified atom stereocenters. The summed E-state index contributed by atoms with van der Waals surface area (Å²) in [5.41, 5.74) is 2.75. The molecule has 0 aromatic carbocycles. The smallest absolute Gasteiger partial charge is 0.249 e. The molecule has 18 heavy (non-hydrogen) atoms. The molecule has 0 aliphatic rings. The zero-order chi connectivity index (χ0) is 13.1. The predicted octanol–water partition coefficient (Wildman–Crippen LogP) is 1.41. The Morgan fingerprint density at radius 2 is 2.28 bits per heavy atom. The van der Waals surface area contributed by atoms with Crippen molar-refractivity contribution >= 4 is 17.8 Å². The van der Waals surface area contributed by atoms with Crippen LogP contribution in [0.2, 0.25) is 0 Å². The van der Waals surface area contributed by atoms with Crippen LogP contribution in [0.25, 0.3) is 6.08 Å². The molecular weight excluding hydrogens is 230 g/mol. The number of carbonyl (C=O) groups excluding carboxylic acids is 1. The molecule has 0 radical (unpaired) electrons. The molecule has 94 valence electrons. The molecule has 6 heteroatoms. The highest BCUT2D eigenvalue weighted by Gasteiger charge is 2.07. The molecule has 0 fully saturated rings. The molecule has 0 aliphatic carbocycles. The van der Waals surface area contributed by atoms with Gasteiger partial charge in [0.15, 0.2) is 5.82 Å². The maximum Gasteiger partial charge on any atom is 0.249 e. The Kier molecular flexibility index (Phi) is 3.27. The van der Waals surface area contributed by atoms with Crippen LogP contribution in [-0.2, 0) is 11.8 Å². The van der Waals surface area contributed by atoms with Crippen molar-refractivity contribution in [2.24, 2.45) is 7.05 Å². The molecule has 0 bridgehead atoms. The predicted molar refractivity (Wildman–Crippen MR) is 68.9 cm³/mol. The number of hydrogen-bond acceptors (Lipinski definition) is 3. The van der Waals surface area contributed by atoms with Gasteiger partial charge in [-0.25, -0.2) is 0 Å². The summed E-state index contributed by atoms with van der Waals surface area (Å²) in [7, 11) is 1.82. The average Bonchev–Trinajstić information content (AvgIpc) is 2.88. The summed E-state index contributed by atoms with van der Waals surface area (Å²) in [4.78, 5) is 11.7. The van der Waals surface area contributed by atoms with Crippen molar-refractivity contribution in [3.05, 3.63) is 35.3 Å². The standard InChI is InChI=1S/C12H15N5O/c1-8-9(2)15-16-12(8)14-11(18)5-4-10-6-7-13-17(10)3/h4-7H,1-3H3,(H2,14,15,16,18)/b5-4+. The molecule has 0 saturated heterocycles. The summed E-state index contributed by atoms with van der Waals surface area (Å²) < 4.78 is 1.69. The number of nitrogens with zero attached hydrogens (tertiary/aromatic N) is 3. The maximum absolute atomic E-state index is 11.7. The van der Waals surface area contributed by atoms with Gasteiger partial charge in [0.2, 0.25) is 5.91 Å². The van der Waals surface area contributed by atoms with Crippen LogP contribution in [0.15, 0.2) is 18.3 Å². The molecule has 2 rings (SSSR count). The first kappa shape index (κ1) is 12.1. The van der Waals surface area contributed by atoms with Crippen molar-refractivity contribution in [2.75, 3.05) is 5.32 Å². The van der Waals surface area contributed by atoms with E-state index in [0.717, 1.165) is 17.0 Å². The summed E-state index contributed by atoms with van der Waals surface area (Å²) in [5.74, 6) is 0.345. The van der Waals surface area contributed by atoms with Crippen molar-refractivity contribution in [3.63, 3.8) is 0 Å². The van der Waals surface area contributed by atoms with Crippen LogP contribution in [0, 0.1) is 13.8 Å². The third kappa shape index (κ3) is 2.48. The Morgan fingerprint density at radius 1 is 1.50 bits per heavy atom. The summed E-state index contributed by atoms with van der Waals surface area (Å²) in [6.07, 6.45) is 4.84. The highest BCUT2D eigenvalue weighted by Crippen LogP contribution is 2.13. The molecule has 6 nitrogen and oxygen atoms in total. The van der Waals surface area contributed by atoms with Crippen molar-refractivity contribution in [3.8, 4) is 0 Å². The number of carbonyl (C=O) groups is 1. The Labute approximate surface area is 105 Å². The number of amides is 1. The number of nitrogens with one attached hydrogen (secondary N) is 2. The normalized spacial score (nSPS) is 11.1. The van der Waals surface area contributed by atoms with E-state index in [2.05, 4.69) is 20.6 Å². The molecule has 0 aliphatic heterocycles. The lowest BCUT2D eigenvalue weighted by Gasteiger charge is -1.99. The molecule has 2 heterocycles. The summed E-state index contributed by atoms with van der Waals surface area (Å²) in [6.45, 7) is 3.81. The van der Waals surface area contributed by atoms with Gasteiger partial charge in [0.1, 0.15) is 0 Å². The van der Waals surface area contributed by atoms with Gasteiger partial charge in [-0.15, -0.1) is 0 Å². The lowest BCUT2D eigenvalue weighted by Crippen LogP contribution is -2.09. The van der Waals surface area contributed by atoms with E-state index in [0.29, 0.717) is 5.82 Å². The molecule has 2 aromatic rings. The highest BCUT2D eigenvalue weighted by molar-refractivity contribution is 6.01. The van der Waals surface area contributed by atoms with Gasteiger partial charge in [-0.3, -0.25) is 14.6 Å². The monoisotopic (exact) mass is 245 g/mol.